The average molecular weight is 277 g/mol. The molecule has 1 fully saturated rings. The molecule has 0 radical (unpaired) electrons. The first-order valence-electron chi connectivity index (χ1n) is 5.54. The third-order valence-corrected chi connectivity index (χ3v) is 5.41. The number of benzene rings is 1. The smallest absolute Gasteiger partial charge is 0.150 e. The molecule has 1 aromatic carbocycles. The van der Waals surface area contributed by atoms with Crippen LogP contribution in [0.4, 0.5) is 4.39 Å². The summed E-state index contributed by atoms with van der Waals surface area (Å²) in [5.74, 6) is 0.340. The fourth-order valence-electron chi connectivity index (χ4n) is 2.37. The van der Waals surface area contributed by atoms with Crippen molar-refractivity contribution in [3.63, 3.8) is 0 Å². The van der Waals surface area contributed by atoms with Gasteiger partial charge >= 0.3 is 0 Å². The second-order valence-corrected chi connectivity index (χ2v) is 7.02. The largest absolute Gasteiger partial charge is 0.229 e. The van der Waals surface area contributed by atoms with Crippen LogP contribution in [-0.4, -0.2) is 25.8 Å². The lowest BCUT2D eigenvalue weighted by Gasteiger charge is -2.20. The van der Waals surface area contributed by atoms with Crippen molar-refractivity contribution in [3.05, 3.63) is 35.6 Å². The Labute approximate surface area is 106 Å². The normalized spacial score (nSPS) is 24.7. The van der Waals surface area contributed by atoms with Gasteiger partial charge in [-0.25, -0.2) is 12.8 Å². The van der Waals surface area contributed by atoms with Crippen LogP contribution in [0.25, 0.3) is 0 Å². The third kappa shape index (κ3) is 2.99. The van der Waals surface area contributed by atoms with Crippen molar-refractivity contribution < 1.29 is 12.8 Å². The summed E-state index contributed by atoms with van der Waals surface area (Å²) in [5, 5.41) is 0. The van der Waals surface area contributed by atoms with Gasteiger partial charge in [-0.15, -0.1) is 11.6 Å². The van der Waals surface area contributed by atoms with Crippen molar-refractivity contribution in [3.8, 4) is 0 Å². The minimum Gasteiger partial charge on any atom is -0.229 e. The summed E-state index contributed by atoms with van der Waals surface area (Å²) < 4.78 is 36.0. The molecule has 94 valence electrons. The summed E-state index contributed by atoms with van der Waals surface area (Å²) in [6, 6.07) is 6.26. The lowest BCUT2D eigenvalue weighted by Crippen LogP contribution is -2.16. The zero-order valence-corrected chi connectivity index (χ0v) is 10.8. The fourth-order valence-corrected chi connectivity index (χ4v) is 4.68. The van der Waals surface area contributed by atoms with Crippen LogP contribution in [0.15, 0.2) is 24.3 Å². The van der Waals surface area contributed by atoms with Crippen LogP contribution in [0.3, 0.4) is 0 Å². The van der Waals surface area contributed by atoms with Gasteiger partial charge in [0.2, 0.25) is 0 Å². The van der Waals surface area contributed by atoms with E-state index in [1.165, 1.54) is 12.1 Å². The molecule has 1 aliphatic heterocycles. The summed E-state index contributed by atoms with van der Waals surface area (Å²) >= 11 is 5.91. The molecule has 0 spiro atoms. The molecule has 0 bridgehead atoms. The molecule has 1 aliphatic rings. The summed E-state index contributed by atoms with van der Waals surface area (Å²) in [7, 11) is -2.92. The molecule has 1 heterocycles. The zero-order chi connectivity index (χ0) is 12.5. The van der Waals surface area contributed by atoms with E-state index in [2.05, 4.69) is 0 Å². The van der Waals surface area contributed by atoms with Gasteiger partial charge in [0.15, 0.2) is 9.84 Å². The lowest BCUT2D eigenvalue weighted by molar-refractivity contribution is 0.498. The van der Waals surface area contributed by atoms with Crippen molar-refractivity contribution in [1.29, 1.82) is 0 Å². The number of halogens is 2. The molecule has 2 atom stereocenters. The molecule has 1 saturated heterocycles. The Morgan fingerprint density at radius 1 is 1.47 bits per heavy atom. The molecule has 0 amide bonds. The zero-order valence-electron chi connectivity index (χ0n) is 9.27. The predicted molar refractivity (Wildman–Crippen MR) is 66.6 cm³/mol. The van der Waals surface area contributed by atoms with Gasteiger partial charge in [-0.2, -0.15) is 0 Å². The molecule has 2 nitrogen and oxygen atoms in total. The molecule has 5 heteroatoms. The molecular weight excluding hydrogens is 263 g/mol. The Balaban J connectivity index is 2.23. The van der Waals surface area contributed by atoms with Crippen LogP contribution in [0.2, 0.25) is 0 Å². The maximum absolute atomic E-state index is 13.1. The molecule has 0 aliphatic carbocycles. The van der Waals surface area contributed by atoms with Crippen LogP contribution in [0, 0.1) is 11.7 Å². The Bertz CT molecular complexity index is 501. The Kier molecular flexibility index (Phi) is 3.73. The minimum absolute atomic E-state index is 0.0132. The van der Waals surface area contributed by atoms with Crippen LogP contribution in [-0.2, 0) is 9.84 Å². The standard InChI is InChI=1S/C12H14ClFO2S/c13-7-12(9-2-1-3-11(14)6-9)10-4-5-17(15,16)8-10/h1-3,6,10,12H,4-5,7-8H2. The van der Waals surface area contributed by atoms with Crippen molar-refractivity contribution in [2.24, 2.45) is 5.92 Å². The monoisotopic (exact) mass is 276 g/mol. The molecular formula is C12H14ClFO2S. The SMILES string of the molecule is O=S1(=O)CCC(C(CCl)c2cccc(F)c2)C1. The van der Waals surface area contributed by atoms with Crippen molar-refractivity contribution in [2.45, 2.75) is 12.3 Å². The predicted octanol–water partition coefficient (Wildman–Crippen LogP) is 2.58. The maximum Gasteiger partial charge on any atom is 0.150 e. The first-order chi connectivity index (χ1) is 8.02. The van der Waals surface area contributed by atoms with Gasteiger partial charge in [-0.05, 0) is 30.0 Å². The molecule has 17 heavy (non-hydrogen) atoms. The number of alkyl halides is 1. The summed E-state index contributed by atoms with van der Waals surface area (Å²) in [6.07, 6.45) is 0.621. The van der Waals surface area contributed by atoms with E-state index in [0.29, 0.717) is 12.3 Å². The second kappa shape index (κ2) is 4.94. The molecule has 0 saturated carbocycles. The van der Waals surface area contributed by atoms with E-state index in [1.54, 1.807) is 12.1 Å². The van der Waals surface area contributed by atoms with Gasteiger partial charge in [0, 0.05) is 11.8 Å². The van der Waals surface area contributed by atoms with E-state index >= 15 is 0 Å². The van der Waals surface area contributed by atoms with Gasteiger partial charge in [-0.1, -0.05) is 12.1 Å². The van der Waals surface area contributed by atoms with Crippen molar-refractivity contribution >= 4 is 21.4 Å². The minimum atomic E-state index is -2.92. The number of hydrogen-bond acceptors (Lipinski definition) is 2. The van der Waals surface area contributed by atoms with E-state index in [-0.39, 0.29) is 29.2 Å². The highest BCUT2D eigenvalue weighted by Crippen LogP contribution is 2.34. The highest BCUT2D eigenvalue weighted by atomic mass is 35.5. The molecule has 2 rings (SSSR count). The van der Waals surface area contributed by atoms with Gasteiger partial charge in [-0.3, -0.25) is 0 Å². The molecule has 0 N–H and O–H groups in total. The first-order valence-corrected chi connectivity index (χ1v) is 7.89. The lowest BCUT2D eigenvalue weighted by atomic mass is 9.87. The van der Waals surface area contributed by atoms with Crippen LogP contribution in [0.1, 0.15) is 17.9 Å². The van der Waals surface area contributed by atoms with Crippen LogP contribution < -0.4 is 0 Å². The number of sulfone groups is 1. The van der Waals surface area contributed by atoms with Crippen LogP contribution >= 0.6 is 11.6 Å². The quantitative estimate of drug-likeness (QED) is 0.795. The van der Waals surface area contributed by atoms with E-state index < -0.39 is 9.84 Å². The van der Waals surface area contributed by atoms with Gasteiger partial charge in [0.25, 0.3) is 0 Å². The first kappa shape index (κ1) is 12.8. The molecule has 2 unspecified atom stereocenters. The average Bonchev–Trinajstić information content (AvgIpc) is 2.60. The van der Waals surface area contributed by atoms with E-state index in [1.807, 2.05) is 0 Å². The van der Waals surface area contributed by atoms with Gasteiger partial charge in [0.05, 0.1) is 11.5 Å². The molecule has 0 aromatic heterocycles. The Morgan fingerprint density at radius 3 is 2.76 bits per heavy atom. The van der Waals surface area contributed by atoms with Crippen molar-refractivity contribution in [1.82, 2.24) is 0 Å². The highest BCUT2D eigenvalue weighted by Gasteiger charge is 2.34. The topological polar surface area (TPSA) is 34.1 Å². The summed E-state index contributed by atoms with van der Waals surface area (Å²) in [6.45, 7) is 0. The van der Waals surface area contributed by atoms with Crippen molar-refractivity contribution in [2.75, 3.05) is 17.4 Å². The maximum atomic E-state index is 13.1. The third-order valence-electron chi connectivity index (χ3n) is 3.28. The van der Waals surface area contributed by atoms with E-state index in [9.17, 15) is 12.8 Å². The summed E-state index contributed by atoms with van der Waals surface area (Å²) in [4.78, 5) is 0. The molecule has 1 aromatic rings. The van der Waals surface area contributed by atoms with Crippen LogP contribution in [0.5, 0.6) is 0 Å². The van der Waals surface area contributed by atoms with E-state index in [0.717, 1.165) is 5.56 Å². The second-order valence-electron chi connectivity index (χ2n) is 4.48. The Morgan fingerprint density at radius 2 is 2.24 bits per heavy atom. The van der Waals surface area contributed by atoms with E-state index in [4.69, 9.17) is 11.6 Å². The summed E-state index contributed by atoms with van der Waals surface area (Å²) in [5.41, 5.74) is 0.794. The van der Waals surface area contributed by atoms with Gasteiger partial charge in [0.1, 0.15) is 5.82 Å². The van der Waals surface area contributed by atoms with Gasteiger partial charge < -0.3 is 0 Å². The fraction of sp³-hybridized carbons (Fsp3) is 0.500. The number of rotatable bonds is 3. The number of hydrogen-bond donors (Lipinski definition) is 0. The Hall–Kier alpha value is -0.610. The highest BCUT2D eigenvalue weighted by molar-refractivity contribution is 7.91.